The number of aliphatic hydroxyl groups is 2. The van der Waals surface area contributed by atoms with E-state index in [0.29, 0.717) is 17.7 Å². The van der Waals surface area contributed by atoms with Crippen molar-refractivity contribution in [3.63, 3.8) is 0 Å². The van der Waals surface area contributed by atoms with Crippen LogP contribution in [-0.2, 0) is 14.3 Å². The summed E-state index contributed by atoms with van der Waals surface area (Å²) in [6.45, 7) is 1.12. The molecule has 1 unspecified atom stereocenters. The molecule has 1 fully saturated rings. The van der Waals surface area contributed by atoms with Gasteiger partial charge in [0.25, 0.3) is 0 Å². The van der Waals surface area contributed by atoms with Crippen molar-refractivity contribution in [2.75, 3.05) is 13.2 Å². The van der Waals surface area contributed by atoms with Crippen LogP contribution in [0.1, 0.15) is 26.2 Å². The second-order valence-electron chi connectivity index (χ2n) is 4.55. The van der Waals surface area contributed by atoms with Gasteiger partial charge in [-0.2, -0.15) is 0 Å². The zero-order valence-electron chi connectivity index (χ0n) is 10.3. The van der Waals surface area contributed by atoms with Crippen molar-refractivity contribution >= 4 is 28.8 Å². The standard InChI is InChI=1S/C12H18O5S/c1-7(14)17-6-8-2-3-10(16)12(8)11(18)4-9(15)5-13/h8-9,12-13,15H,2-6H2,1H3/t8-,9?,12-/m0/s1. The molecular formula is C12H18O5S. The number of aliphatic hydroxyl groups excluding tert-OH is 2. The summed E-state index contributed by atoms with van der Waals surface area (Å²) in [5.41, 5.74) is 0. The normalized spacial score (nSPS) is 24.9. The van der Waals surface area contributed by atoms with Crippen molar-refractivity contribution in [1.82, 2.24) is 0 Å². The number of ether oxygens (including phenoxy) is 1. The van der Waals surface area contributed by atoms with E-state index in [2.05, 4.69) is 0 Å². The summed E-state index contributed by atoms with van der Waals surface area (Å²) in [4.78, 5) is 23.0. The average molecular weight is 274 g/mol. The maximum absolute atomic E-state index is 11.8. The van der Waals surface area contributed by atoms with Crippen LogP contribution in [0.4, 0.5) is 0 Å². The van der Waals surface area contributed by atoms with Crippen LogP contribution in [0.15, 0.2) is 0 Å². The number of Topliss-reactive ketones (excluding diaryl/α,β-unsaturated/α-hetero) is 1. The highest BCUT2D eigenvalue weighted by molar-refractivity contribution is 7.80. The first-order valence-electron chi connectivity index (χ1n) is 5.93. The first-order valence-corrected chi connectivity index (χ1v) is 6.34. The van der Waals surface area contributed by atoms with Crippen molar-refractivity contribution in [1.29, 1.82) is 0 Å². The molecule has 0 aromatic rings. The molecule has 0 aliphatic heterocycles. The molecule has 1 aliphatic carbocycles. The largest absolute Gasteiger partial charge is 0.466 e. The van der Waals surface area contributed by atoms with Crippen LogP contribution in [0.3, 0.4) is 0 Å². The first-order chi connectivity index (χ1) is 8.45. The average Bonchev–Trinajstić information content (AvgIpc) is 2.67. The smallest absolute Gasteiger partial charge is 0.302 e. The van der Waals surface area contributed by atoms with Crippen molar-refractivity contribution in [3.05, 3.63) is 0 Å². The van der Waals surface area contributed by atoms with E-state index in [1.807, 2.05) is 0 Å². The van der Waals surface area contributed by atoms with E-state index in [-0.39, 0.29) is 37.3 Å². The Morgan fingerprint density at radius 3 is 2.83 bits per heavy atom. The predicted octanol–water partition coefficient (Wildman–Crippen LogP) is 0.258. The topological polar surface area (TPSA) is 83.8 Å². The fourth-order valence-electron chi connectivity index (χ4n) is 2.18. The minimum absolute atomic E-state index is 0.0299. The molecule has 3 atom stereocenters. The minimum Gasteiger partial charge on any atom is -0.466 e. The molecule has 0 aromatic carbocycles. The maximum Gasteiger partial charge on any atom is 0.302 e. The number of esters is 1. The van der Waals surface area contributed by atoms with Gasteiger partial charge in [0, 0.05) is 30.5 Å². The van der Waals surface area contributed by atoms with Gasteiger partial charge in [0.05, 0.1) is 25.2 Å². The van der Waals surface area contributed by atoms with Gasteiger partial charge in [0.15, 0.2) is 0 Å². The van der Waals surface area contributed by atoms with Crippen LogP contribution >= 0.6 is 12.2 Å². The van der Waals surface area contributed by atoms with Crippen LogP contribution in [0, 0.1) is 11.8 Å². The van der Waals surface area contributed by atoms with E-state index in [0.717, 1.165) is 0 Å². The van der Waals surface area contributed by atoms with Gasteiger partial charge in [0.2, 0.25) is 0 Å². The SMILES string of the molecule is CC(=O)OC[C@@H]1CCC(=O)[C@H]1C(=S)CC(O)CO. The highest BCUT2D eigenvalue weighted by Crippen LogP contribution is 2.31. The molecule has 0 amide bonds. The molecular weight excluding hydrogens is 256 g/mol. The number of ketones is 1. The highest BCUT2D eigenvalue weighted by Gasteiger charge is 2.38. The minimum atomic E-state index is -0.930. The van der Waals surface area contributed by atoms with Crippen molar-refractivity contribution < 1.29 is 24.5 Å². The Morgan fingerprint density at radius 1 is 1.61 bits per heavy atom. The third-order valence-electron chi connectivity index (χ3n) is 3.07. The van der Waals surface area contributed by atoms with E-state index in [4.69, 9.17) is 22.1 Å². The zero-order chi connectivity index (χ0) is 13.7. The summed E-state index contributed by atoms with van der Waals surface area (Å²) in [6.07, 6.45) is 0.261. The lowest BCUT2D eigenvalue weighted by molar-refractivity contribution is -0.142. The molecule has 1 saturated carbocycles. The lowest BCUT2D eigenvalue weighted by Gasteiger charge is -2.20. The molecule has 0 bridgehead atoms. The summed E-state index contributed by atoms with van der Waals surface area (Å²) in [7, 11) is 0. The summed E-state index contributed by atoms with van der Waals surface area (Å²) >= 11 is 5.16. The number of hydrogen-bond donors (Lipinski definition) is 2. The third-order valence-corrected chi connectivity index (χ3v) is 3.50. The first kappa shape index (κ1) is 15.2. The van der Waals surface area contributed by atoms with Crippen molar-refractivity contribution in [2.24, 2.45) is 11.8 Å². The zero-order valence-corrected chi connectivity index (χ0v) is 11.1. The lowest BCUT2D eigenvalue weighted by Crippen LogP contribution is -2.30. The summed E-state index contributed by atoms with van der Waals surface area (Å²) < 4.78 is 4.92. The second-order valence-corrected chi connectivity index (χ2v) is 5.08. The molecule has 102 valence electrons. The fraction of sp³-hybridized carbons (Fsp3) is 0.750. The van der Waals surface area contributed by atoms with Gasteiger partial charge < -0.3 is 14.9 Å². The van der Waals surface area contributed by atoms with Crippen LogP contribution < -0.4 is 0 Å². The third kappa shape index (κ3) is 4.12. The monoisotopic (exact) mass is 274 g/mol. The summed E-state index contributed by atoms with van der Waals surface area (Å²) in [5.74, 6) is -0.892. The van der Waals surface area contributed by atoms with Crippen LogP contribution in [0.5, 0.6) is 0 Å². The molecule has 6 heteroatoms. The molecule has 0 spiro atoms. The number of thiocarbonyl (C=S) groups is 1. The summed E-state index contributed by atoms with van der Waals surface area (Å²) in [6, 6.07) is 0. The van der Waals surface area contributed by atoms with E-state index in [1.54, 1.807) is 0 Å². The maximum atomic E-state index is 11.8. The van der Waals surface area contributed by atoms with Crippen molar-refractivity contribution in [2.45, 2.75) is 32.3 Å². The van der Waals surface area contributed by atoms with Gasteiger partial charge in [-0.15, -0.1) is 0 Å². The Hall–Kier alpha value is -0.850. The lowest BCUT2D eigenvalue weighted by atomic mass is 9.90. The molecule has 0 aromatic heterocycles. The van der Waals surface area contributed by atoms with Gasteiger partial charge in [-0.3, -0.25) is 9.59 Å². The molecule has 0 saturated heterocycles. The molecule has 5 nitrogen and oxygen atoms in total. The van der Waals surface area contributed by atoms with Crippen LogP contribution in [0.2, 0.25) is 0 Å². The molecule has 2 N–H and O–H groups in total. The molecule has 0 heterocycles. The van der Waals surface area contributed by atoms with Crippen molar-refractivity contribution in [3.8, 4) is 0 Å². The number of hydrogen-bond acceptors (Lipinski definition) is 6. The molecule has 1 rings (SSSR count). The van der Waals surface area contributed by atoms with Gasteiger partial charge in [-0.1, -0.05) is 12.2 Å². The number of carbonyl (C=O) groups excluding carboxylic acids is 2. The Kier molecular flexibility index (Phi) is 5.84. The number of carbonyl (C=O) groups is 2. The predicted molar refractivity (Wildman–Crippen MR) is 68.2 cm³/mol. The van der Waals surface area contributed by atoms with E-state index >= 15 is 0 Å². The van der Waals surface area contributed by atoms with E-state index in [1.165, 1.54) is 6.92 Å². The Labute approximate surface area is 111 Å². The molecule has 1 aliphatic rings. The fourth-order valence-corrected chi connectivity index (χ4v) is 2.70. The van der Waals surface area contributed by atoms with Gasteiger partial charge >= 0.3 is 5.97 Å². The van der Waals surface area contributed by atoms with E-state index in [9.17, 15) is 14.7 Å². The quantitative estimate of drug-likeness (QED) is 0.534. The summed E-state index contributed by atoms with van der Waals surface area (Å²) in [5, 5.41) is 18.1. The van der Waals surface area contributed by atoms with Gasteiger partial charge in [0.1, 0.15) is 5.78 Å². The highest BCUT2D eigenvalue weighted by atomic mass is 32.1. The van der Waals surface area contributed by atoms with Gasteiger partial charge in [-0.25, -0.2) is 0 Å². The number of rotatable bonds is 6. The van der Waals surface area contributed by atoms with Crippen LogP contribution in [0.25, 0.3) is 0 Å². The Balaban J connectivity index is 2.60. The van der Waals surface area contributed by atoms with E-state index < -0.39 is 12.0 Å². The molecule has 18 heavy (non-hydrogen) atoms. The second kappa shape index (κ2) is 6.92. The van der Waals surface area contributed by atoms with Crippen LogP contribution in [-0.4, -0.2) is 46.1 Å². The van der Waals surface area contributed by atoms with Gasteiger partial charge in [-0.05, 0) is 6.42 Å². The Bertz CT molecular complexity index is 341. The molecule has 0 radical (unpaired) electrons. The Morgan fingerprint density at radius 2 is 2.28 bits per heavy atom.